The predicted molar refractivity (Wildman–Crippen MR) is 86.5 cm³/mol. The van der Waals surface area contributed by atoms with E-state index in [-0.39, 0.29) is 5.91 Å². The number of hydrogen-bond donors (Lipinski definition) is 1. The zero-order valence-corrected chi connectivity index (χ0v) is 13.2. The van der Waals surface area contributed by atoms with Crippen LogP contribution in [-0.2, 0) is 6.54 Å². The molecule has 0 saturated heterocycles. The molecule has 0 aliphatic rings. The van der Waals surface area contributed by atoms with Crippen LogP contribution in [0.5, 0.6) is 0 Å². The van der Waals surface area contributed by atoms with Crippen molar-refractivity contribution in [3.05, 3.63) is 70.5 Å². The standard InChI is InChI=1S/C16H14ClN5O/c1-11-19-20-21-22(11)15-4-2-3-13(9-15)16(23)18-10-12-5-7-14(17)8-6-12/h2-9H,10H2,1H3,(H,18,23). The van der Waals surface area contributed by atoms with E-state index in [1.807, 2.05) is 18.2 Å². The summed E-state index contributed by atoms with van der Waals surface area (Å²) in [5.41, 5.74) is 2.27. The summed E-state index contributed by atoms with van der Waals surface area (Å²) in [5.74, 6) is 0.497. The fraction of sp³-hybridized carbons (Fsp3) is 0.125. The van der Waals surface area contributed by atoms with Crippen molar-refractivity contribution >= 4 is 17.5 Å². The highest BCUT2D eigenvalue weighted by Crippen LogP contribution is 2.12. The van der Waals surface area contributed by atoms with Gasteiger partial charge in [-0.15, -0.1) is 5.10 Å². The van der Waals surface area contributed by atoms with E-state index in [0.29, 0.717) is 23.0 Å². The Labute approximate surface area is 138 Å². The van der Waals surface area contributed by atoms with Crippen molar-refractivity contribution in [3.8, 4) is 5.69 Å². The van der Waals surface area contributed by atoms with Gasteiger partial charge in [-0.25, -0.2) is 0 Å². The summed E-state index contributed by atoms with van der Waals surface area (Å²) in [6.45, 7) is 2.23. The molecule has 0 bridgehead atoms. The first-order valence-corrected chi connectivity index (χ1v) is 7.39. The van der Waals surface area contributed by atoms with Crippen LogP contribution in [0.3, 0.4) is 0 Å². The van der Waals surface area contributed by atoms with Crippen LogP contribution in [0.2, 0.25) is 5.02 Å². The molecule has 1 amide bonds. The lowest BCUT2D eigenvalue weighted by atomic mass is 10.1. The first kappa shape index (κ1) is 15.2. The monoisotopic (exact) mass is 327 g/mol. The first-order chi connectivity index (χ1) is 11.1. The van der Waals surface area contributed by atoms with Crippen molar-refractivity contribution in [3.63, 3.8) is 0 Å². The summed E-state index contributed by atoms with van der Waals surface area (Å²) in [5, 5.41) is 14.9. The number of rotatable bonds is 4. The number of tetrazole rings is 1. The molecule has 3 rings (SSSR count). The molecule has 0 aliphatic heterocycles. The van der Waals surface area contributed by atoms with Gasteiger partial charge in [0.1, 0.15) is 0 Å². The molecule has 0 aliphatic carbocycles. The highest BCUT2D eigenvalue weighted by molar-refractivity contribution is 6.30. The Morgan fingerprint density at radius 1 is 1.22 bits per heavy atom. The average molecular weight is 328 g/mol. The van der Waals surface area contributed by atoms with Gasteiger partial charge in [0.2, 0.25) is 0 Å². The normalized spacial score (nSPS) is 10.5. The number of nitrogens with zero attached hydrogens (tertiary/aromatic N) is 4. The van der Waals surface area contributed by atoms with Gasteiger partial charge in [0.05, 0.1) is 5.69 Å². The van der Waals surface area contributed by atoms with Gasteiger partial charge < -0.3 is 5.32 Å². The van der Waals surface area contributed by atoms with Gasteiger partial charge in [-0.1, -0.05) is 29.8 Å². The predicted octanol–water partition coefficient (Wildman–Crippen LogP) is 2.55. The van der Waals surface area contributed by atoms with Crippen LogP contribution in [0.15, 0.2) is 48.5 Å². The van der Waals surface area contributed by atoms with Crippen molar-refractivity contribution in [1.82, 2.24) is 25.5 Å². The molecular formula is C16H14ClN5O. The van der Waals surface area contributed by atoms with Crippen LogP contribution in [0, 0.1) is 6.92 Å². The Balaban J connectivity index is 1.72. The minimum atomic E-state index is -0.160. The molecule has 3 aromatic rings. The molecule has 1 heterocycles. The molecule has 0 unspecified atom stereocenters. The third kappa shape index (κ3) is 3.54. The molecular weight excluding hydrogens is 314 g/mol. The Kier molecular flexibility index (Phi) is 4.34. The second kappa shape index (κ2) is 6.58. The van der Waals surface area contributed by atoms with E-state index in [2.05, 4.69) is 20.8 Å². The maximum absolute atomic E-state index is 12.3. The van der Waals surface area contributed by atoms with Gasteiger partial charge in [0.15, 0.2) is 5.82 Å². The fourth-order valence-corrected chi connectivity index (χ4v) is 2.26. The zero-order valence-electron chi connectivity index (χ0n) is 12.4. The number of aromatic nitrogens is 4. The Hall–Kier alpha value is -2.73. The summed E-state index contributed by atoms with van der Waals surface area (Å²) in [6.07, 6.45) is 0. The molecule has 0 saturated carbocycles. The lowest BCUT2D eigenvalue weighted by molar-refractivity contribution is 0.0951. The van der Waals surface area contributed by atoms with Gasteiger partial charge in [-0.05, 0) is 53.2 Å². The molecule has 0 atom stereocenters. The van der Waals surface area contributed by atoms with E-state index in [0.717, 1.165) is 11.3 Å². The summed E-state index contributed by atoms with van der Waals surface area (Å²) >= 11 is 5.84. The number of halogens is 1. The van der Waals surface area contributed by atoms with E-state index in [4.69, 9.17) is 11.6 Å². The number of amides is 1. The lowest BCUT2D eigenvalue weighted by Crippen LogP contribution is -2.22. The molecule has 6 nitrogen and oxygen atoms in total. The van der Waals surface area contributed by atoms with Crippen LogP contribution in [0.4, 0.5) is 0 Å². The number of hydrogen-bond acceptors (Lipinski definition) is 4. The lowest BCUT2D eigenvalue weighted by Gasteiger charge is -2.07. The molecule has 0 radical (unpaired) electrons. The summed E-state index contributed by atoms with van der Waals surface area (Å²) in [6, 6.07) is 14.5. The van der Waals surface area contributed by atoms with Crippen molar-refractivity contribution in [2.45, 2.75) is 13.5 Å². The summed E-state index contributed by atoms with van der Waals surface area (Å²) in [4.78, 5) is 12.3. The van der Waals surface area contributed by atoms with E-state index >= 15 is 0 Å². The Morgan fingerprint density at radius 3 is 2.70 bits per heavy atom. The highest BCUT2D eigenvalue weighted by atomic mass is 35.5. The van der Waals surface area contributed by atoms with Crippen LogP contribution in [0.1, 0.15) is 21.7 Å². The van der Waals surface area contributed by atoms with Crippen LogP contribution in [0.25, 0.3) is 5.69 Å². The van der Waals surface area contributed by atoms with Crippen molar-refractivity contribution in [2.75, 3.05) is 0 Å². The SMILES string of the molecule is Cc1nnnn1-c1cccc(C(=O)NCc2ccc(Cl)cc2)c1. The summed E-state index contributed by atoms with van der Waals surface area (Å²) in [7, 11) is 0. The van der Waals surface area contributed by atoms with E-state index < -0.39 is 0 Å². The van der Waals surface area contributed by atoms with Gasteiger partial charge in [0, 0.05) is 17.1 Å². The highest BCUT2D eigenvalue weighted by Gasteiger charge is 2.09. The number of aryl methyl sites for hydroxylation is 1. The molecule has 0 spiro atoms. The van der Waals surface area contributed by atoms with Gasteiger partial charge in [0.25, 0.3) is 5.91 Å². The molecule has 23 heavy (non-hydrogen) atoms. The Morgan fingerprint density at radius 2 is 2.00 bits per heavy atom. The average Bonchev–Trinajstić information content (AvgIpc) is 3.00. The number of benzene rings is 2. The number of carbonyl (C=O) groups excluding carboxylic acids is 1. The molecule has 1 aromatic heterocycles. The molecule has 0 fully saturated rings. The second-order valence-electron chi connectivity index (χ2n) is 5.00. The number of carbonyl (C=O) groups is 1. The summed E-state index contributed by atoms with van der Waals surface area (Å²) < 4.78 is 1.58. The van der Waals surface area contributed by atoms with E-state index in [1.165, 1.54) is 0 Å². The minimum Gasteiger partial charge on any atom is -0.348 e. The smallest absolute Gasteiger partial charge is 0.251 e. The van der Waals surface area contributed by atoms with Crippen molar-refractivity contribution in [2.24, 2.45) is 0 Å². The third-order valence-corrected chi connectivity index (χ3v) is 3.60. The van der Waals surface area contributed by atoms with Crippen LogP contribution >= 0.6 is 11.6 Å². The second-order valence-corrected chi connectivity index (χ2v) is 5.43. The molecule has 1 N–H and O–H groups in total. The minimum absolute atomic E-state index is 0.160. The largest absolute Gasteiger partial charge is 0.348 e. The Bertz CT molecular complexity index is 828. The third-order valence-electron chi connectivity index (χ3n) is 3.34. The van der Waals surface area contributed by atoms with Gasteiger partial charge in [-0.3, -0.25) is 4.79 Å². The number of nitrogens with one attached hydrogen (secondary N) is 1. The van der Waals surface area contributed by atoms with E-state index in [1.54, 1.807) is 41.9 Å². The molecule has 7 heteroatoms. The fourth-order valence-electron chi connectivity index (χ4n) is 2.14. The van der Waals surface area contributed by atoms with E-state index in [9.17, 15) is 4.79 Å². The molecule has 2 aromatic carbocycles. The van der Waals surface area contributed by atoms with Gasteiger partial charge >= 0.3 is 0 Å². The zero-order chi connectivity index (χ0) is 16.2. The first-order valence-electron chi connectivity index (χ1n) is 7.01. The van der Waals surface area contributed by atoms with Crippen molar-refractivity contribution < 1.29 is 4.79 Å². The van der Waals surface area contributed by atoms with Crippen molar-refractivity contribution in [1.29, 1.82) is 0 Å². The topological polar surface area (TPSA) is 72.7 Å². The maximum atomic E-state index is 12.3. The quantitative estimate of drug-likeness (QED) is 0.799. The van der Waals surface area contributed by atoms with Crippen LogP contribution < -0.4 is 5.32 Å². The van der Waals surface area contributed by atoms with Gasteiger partial charge in [-0.2, -0.15) is 4.68 Å². The van der Waals surface area contributed by atoms with Crippen LogP contribution in [-0.4, -0.2) is 26.1 Å². The maximum Gasteiger partial charge on any atom is 0.251 e. The molecule has 116 valence electrons.